The van der Waals surface area contributed by atoms with E-state index in [0.717, 1.165) is 0 Å². The van der Waals surface area contributed by atoms with Gasteiger partial charge in [0, 0.05) is 11.1 Å². The number of nitrogens with two attached hydrogens (primary N) is 2. The van der Waals surface area contributed by atoms with Gasteiger partial charge in [-0.3, -0.25) is 0 Å². The monoisotopic (exact) mass is 304 g/mol. The first kappa shape index (κ1) is 19.2. The molecule has 0 aliphatic rings. The van der Waals surface area contributed by atoms with Crippen LogP contribution in [0.25, 0.3) is 0 Å². The van der Waals surface area contributed by atoms with E-state index in [1.54, 1.807) is 0 Å². The van der Waals surface area contributed by atoms with Gasteiger partial charge in [-0.25, -0.2) is 0 Å². The Bertz CT molecular complexity index is 429. The molecule has 1 rings (SSSR count). The molecule has 1 aromatic rings. The van der Waals surface area contributed by atoms with Crippen LogP contribution in [0.15, 0.2) is 24.3 Å². The van der Waals surface area contributed by atoms with E-state index in [2.05, 4.69) is 79.7 Å². The standard InChI is InChI=1S/C20H36N2/c1-13(2)19(21,14(3)4)17-10-9-11-18(12-17)20(22,15(5)6)16(7)8/h9-16H,21-22H2,1-8H3. The highest BCUT2D eigenvalue weighted by molar-refractivity contribution is 5.35. The average molecular weight is 305 g/mol. The lowest BCUT2D eigenvalue weighted by Gasteiger charge is -2.41. The second-order valence-corrected chi connectivity index (χ2v) is 8.07. The number of rotatable bonds is 6. The maximum Gasteiger partial charge on any atom is 0.0456 e. The fourth-order valence-electron chi connectivity index (χ4n) is 3.72. The van der Waals surface area contributed by atoms with Gasteiger partial charge in [0.15, 0.2) is 0 Å². The molecule has 0 aromatic heterocycles. The molecule has 126 valence electrons. The third-order valence-corrected chi connectivity index (χ3v) is 5.68. The third kappa shape index (κ3) is 3.09. The smallest absolute Gasteiger partial charge is 0.0456 e. The van der Waals surface area contributed by atoms with Crippen LogP contribution in [0.5, 0.6) is 0 Å². The Kier molecular flexibility index (Phi) is 5.86. The number of benzene rings is 1. The van der Waals surface area contributed by atoms with Gasteiger partial charge >= 0.3 is 0 Å². The molecule has 4 N–H and O–H groups in total. The predicted octanol–water partition coefficient (Wildman–Crippen LogP) is 4.62. The second kappa shape index (κ2) is 6.72. The lowest BCUT2D eigenvalue weighted by atomic mass is 9.69. The summed E-state index contributed by atoms with van der Waals surface area (Å²) in [5.74, 6) is 1.47. The predicted molar refractivity (Wildman–Crippen MR) is 97.5 cm³/mol. The Morgan fingerprint density at radius 2 is 0.909 bits per heavy atom. The van der Waals surface area contributed by atoms with Crippen molar-refractivity contribution in [2.24, 2.45) is 35.1 Å². The summed E-state index contributed by atoms with van der Waals surface area (Å²) >= 11 is 0. The van der Waals surface area contributed by atoms with E-state index >= 15 is 0 Å². The molecule has 2 heteroatoms. The molecule has 0 aliphatic heterocycles. The van der Waals surface area contributed by atoms with Crippen molar-refractivity contribution < 1.29 is 0 Å². The van der Waals surface area contributed by atoms with Crippen LogP contribution in [0.3, 0.4) is 0 Å². The van der Waals surface area contributed by atoms with Crippen molar-refractivity contribution in [3.63, 3.8) is 0 Å². The highest BCUT2D eigenvalue weighted by Crippen LogP contribution is 2.39. The minimum absolute atomic E-state index is 0.328. The summed E-state index contributed by atoms with van der Waals surface area (Å²) in [7, 11) is 0. The molecule has 0 amide bonds. The van der Waals surface area contributed by atoms with Gasteiger partial charge in [0.25, 0.3) is 0 Å². The van der Waals surface area contributed by atoms with Crippen molar-refractivity contribution in [2.45, 2.75) is 66.5 Å². The van der Waals surface area contributed by atoms with Crippen molar-refractivity contribution in [1.82, 2.24) is 0 Å². The molecule has 1 aromatic carbocycles. The summed E-state index contributed by atoms with van der Waals surface area (Å²) in [5.41, 5.74) is 15.4. The molecule has 0 unspecified atom stereocenters. The summed E-state index contributed by atoms with van der Waals surface area (Å²) < 4.78 is 0. The maximum atomic E-state index is 6.83. The van der Waals surface area contributed by atoms with Crippen LogP contribution >= 0.6 is 0 Å². The van der Waals surface area contributed by atoms with Gasteiger partial charge in [-0.1, -0.05) is 79.7 Å². The minimum Gasteiger partial charge on any atom is -0.321 e. The topological polar surface area (TPSA) is 52.0 Å². The van der Waals surface area contributed by atoms with Gasteiger partial charge in [0.2, 0.25) is 0 Å². The molecule has 0 bridgehead atoms. The van der Waals surface area contributed by atoms with Crippen LogP contribution in [0.4, 0.5) is 0 Å². The molecule has 0 aliphatic carbocycles. The van der Waals surface area contributed by atoms with Crippen LogP contribution in [-0.4, -0.2) is 0 Å². The lowest BCUT2D eigenvalue weighted by Crippen LogP contribution is -2.49. The van der Waals surface area contributed by atoms with Gasteiger partial charge in [-0.15, -0.1) is 0 Å². The first-order chi connectivity index (χ1) is 9.98. The van der Waals surface area contributed by atoms with E-state index in [1.807, 2.05) is 0 Å². The molecule has 0 radical (unpaired) electrons. The van der Waals surface area contributed by atoms with Crippen molar-refractivity contribution in [3.8, 4) is 0 Å². The highest BCUT2D eigenvalue weighted by atomic mass is 14.8. The van der Waals surface area contributed by atoms with Crippen molar-refractivity contribution in [1.29, 1.82) is 0 Å². The first-order valence-electron chi connectivity index (χ1n) is 8.67. The Hall–Kier alpha value is -0.860. The first-order valence-corrected chi connectivity index (χ1v) is 8.67. The summed E-state index contributed by atoms with van der Waals surface area (Å²) in [6, 6.07) is 8.68. The SMILES string of the molecule is CC(C)C(N)(c1cccc(C(N)(C(C)C)C(C)C)c1)C(C)C. The van der Waals surface area contributed by atoms with Crippen LogP contribution in [0.2, 0.25) is 0 Å². The van der Waals surface area contributed by atoms with E-state index in [1.165, 1.54) is 11.1 Å². The quantitative estimate of drug-likeness (QED) is 0.805. The Balaban J connectivity index is 3.47. The Morgan fingerprint density at radius 1 is 0.636 bits per heavy atom. The molecule has 0 saturated carbocycles. The van der Waals surface area contributed by atoms with Crippen molar-refractivity contribution in [2.75, 3.05) is 0 Å². The van der Waals surface area contributed by atoms with Crippen LogP contribution < -0.4 is 11.5 Å². The van der Waals surface area contributed by atoms with E-state index in [9.17, 15) is 0 Å². The molecule has 22 heavy (non-hydrogen) atoms. The molecule has 0 spiro atoms. The zero-order valence-corrected chi connectivity index (χ0v) is 15.8. The lowest BCUT2D eigenvalue weighted by molar-refractivity contribution is 0.217. The fourth-order valence-corrected chi connectivity index (χ4v) is 3.72. The van der Waals surface area contributed by atoms with Gasteiger partial charge in [-0.05, 0) is 34.8 Å². The summed E-state index contributed by atoms with van der Waals surface area (Å²) in [4.78, 5) is 0. The van der Waals surface area contributed by atoms with Gasteiger partial charge in [0.05, 0.1) is 0 Å². The van der Waals surface area contributed by atoms with Crippen LogP contribution in [0.1, 0.15) is 66.5 Å². The zero-order valence-electron chi connectivity index (χ0n) is 15.8. The van der Waals surface area contributed by atoms with E-state index in [-0.39, 0.29) is 11.1 Å². The van der Waals surface area contributed by atoms with Crippen molar-refractivity contribution >= 4 is 0 Å². The highest BCUT2D eigenvalue weighted by Gasteiger charge is 2.38. The number of hydrogen-bond donors (Lipinski definition) is 2. The molecule has 0 saturated heterocycles. The van der Waals surface area contributed by atoms with Gasteiger partial charge in [0.1, 0.15) is 0 Å². The third-order valence-electron chi connectivity index (χ3n) is 5.68. The van der Waals surface area contributed by atoms with E-state index in [0.29, 0.717) is 23.7 Å². The maximum absolute atomic E-state index is 6.83. The van der Waals surface area contributed by atoms with Crippen molar-refractivity contribution in [3.05, 3.63) is 35.4 Å². The summed E-state index contributed by atoms with van der Waals surface area (Å²) in [6.07, 6.45) is 0. The van der Waals surface area contributed by atoms with Crippen LogP contribution in [0, 0.1) is 23.7 Å². The molecule has 0 fully saturated rings. The average Bonchev–Trinajstić information content (AvgIpc) is 2.44. The second-order valence-electron chi connectivity index (χ2n) is 8.07. The molecule has 0 atom stereocenters. The van der Waals surface area contributed by atoms with Crippen LogP contribution in [-0.2, 0) is 11.1 Å². The number of hydrogen-bond acceptors (Lipinski definition) is 2. The van der Waals surface area contributed by atoms with Gasteiger partial charge < -0.3 is 11.5 Å². The normalized spacial score (nSPS) is 13.7. The largest absolute Gasteiger partial charge is 0.321 e. The fraction of sp³-hybridized carbons (Fsp3) is 0.700. The molecular weight excluding hydrogens is 268 g/mol. The molecule has 2 nitrogen and oxygen atoms in total. The zero-order chi connectivity index (χ0) is 17.3. The minimum atomic E-state index is -0.328. The summed E-state index contributed by atoms with van der Waals surface area (Å²) in [5, 5.41) is 0. The summed E-state index contributed by atoms with van der Waals surface area (Å²) in [6.45, 7) is 17.6. The van der Waals surface area contributed by atoms with Gasteiger partial charge in [-0.2, -0.15) is 0 Å². The van der Waals surface area contributed by atoms with E-state index < -0.39 is 0 Å². The molecule has 0 heterocycles. The Morgan fingerprint density at radius 3 is 1.14 bits per heavy atom. The molecular formula is C20H36N2. The van der Waals surface area contributed by atoms with E-state index in [4.69, 9.17) is 11.5 Å². The Labute approximate surface area is 137 Å².